The summed E-state index contributed by atoms with van der Waals surface area (Å²) in [4.78, 5) is 8.90. The predicted molar refractivity (Wildman–Crippen MR) is 86.3 cm³/mol. The van der Waals surface area contributed by atoms with Gasteiger partial charge in [0.1, 0.15) is 11.9 Å². The first kappa shape index (κ1) is 16.4. The minimum Gasteiger partial charge on any atom is -0.474 e. The van der Waals surface area contributed by atoms with Crippen LogP contribution in [-0.2, 0) is 4.74 Å². The largest absolute Gasteiger partial charge is 0.474 e. The Morgan fingerprint density at radius 3 is 2.86 bits per heavy atom. The van der Waals surface area contributed by atoms with Crippen molar-refractivity contribution in [3.63, 3.8) is 0 Å². The highest BCUT2D eigenvalue weighted by Crippen LogP contribution is 2.26. The number of nitrogens with zero attached hydrogens (tertiary/aromatic N) is 2. The van der Waals surface area contributed by atoms with E-state index in [1.807, 2.05) is 12.3 Å². The van der Waals surface area contributed by atoms with Gasteiger partial charge >= 0.3 is 0 Å². The van der Waals surface area contributed by atoms with Crippen molar-refractivity contribution in [2.24, 2.45) is 0 Å². The Balaban J connectivity index is 2.03. The van der Waals surface area contributed by atoms with Crippen molar-refractivity contribution in [1.82, 2.24) is 9.97 Å². The minimum absolute atomic E-state index is 0.187. The van der Waals surface area contributed by atoms with Gasteiger partial charge in [0.2, 0.25) is 5.88 Å². The molecule has 2 unspecified atom stereocenters. The summed E-state index contributed by atoms with van der Waals surface area (Å²) >= 11 is 1.53. The molecule has 1 aromatic rings. The van der Waals surface area contributed by atoms with Gasteiger partial charge in [0.25, 0.3) is 0 Å². The average Bonchev–Trinajstić information content (AvgIpc) is 2.52. The molecule has 0 bridgehead atoms. The van der Waals surface area contributed by atoms with E-state index in [1.54, 1.807) is 7.11 Å². The molecule has 2 atom stereocenters. The van der Waals surface area contributed by atoms with Gasteiger partial charge in [-0.05, 0) is 31.9 Å². The van der Waals surface area contributed by atoms with E-state index in [0.717, 1.165) is 49.6 Å². The Hall–Kier alpha value is -1.01. The Morgan fingerprint density at radius 1 is 1.33 bits per heavy atom. The summed E-state index contributed by atoms with van der Waals surface area (Å²) in [6.07, 6.45) is 7.81. The molecule has 0 aromatic carbocycles. The van der Waals surface area contributed by atoms with Crippen molar-refractivity contribution >= 4 is 17.6 Å². The lowest BCUT2D eigenvalue weighted by molar-refractivity contribution is 0.0193. The summed E-state index contributed by atoms with van der Waals surface area (Å²) in [5.74, 6) is 1.50. The van der Waals surface area contributed by atoms with E-state index in [9.17, 15) is 0 Å². The average molecular weight is 311 g/mol. The summed E-state index contributed by atoms with van der Waals surface area (Å²) in [6, 6.07) is 1.89. The van der Waals surface area contributed by atoms with Crippen LogP contribution < -0.4 is 10.1 Å². The number of thioether (sulfide) groups is 1. The fourth-order valence-electron chi connectivity index (χ4n) is 2.49. The number of rotatable bonds is 7. The van der Waals surface area contributed by atoms with E-state index < -0.39 is 0 Å². The van der Waals surface area contributed by atoms with Gasteiger partial charge in [-0.15, -0.1) is 0 Å². The molecule has 1 heterocycles. The van der Waals surface area contributed by atoms with E-state index in [1.165, 1.54) is 11.8 Å². The summed E-state index contributed by atoms with van der Waals surface area (Å²) < 4.78 is 11.5. The molecular formula is C15H25N3O2S. The van der Waals surface area contributed by atoms with Gasteiger partial charge in [-0.25, -0.2) is 4.98 Å². The molecule has 0 spiro atoms. The second kappa shape index (κ2) is 8.44. The van der Waals surface area contributed by atoms with Gasteiger partial charge in [-0.1, -0.05) is 18.7 Å². The third-order valence-corrected chi connectivity index (χ3v) is 4.17. The molecule has 1 aliphatic carbocycles. The minimum atomic E-state index is 0.187. The van der Waals surface area contributed by atoms with Crippen molar-refractivity contribution in [2.75, 3.05) is 25.2 Å². The number of methoxy groups -OCH3 is 1. The van der Waals surface area contributed by atoms with Gasteiger partial charge in [0.15, 0.2) is 5.16 Å². The summed E-state index contributed by atoms with van der Waals surface area (Å²) in [5.41, 5.74) is 0. The highest BCUT2D eigenvalue weighted by Gasteiger charge is 2.23. The van der Waals surface area contributed by atoms with Crippen molar-refractivity contribution in [3.05, 3.63) is 6.07 Å². The van der Waals surface area contributed by atoms with E-state index >= 15 is 0 Å². The Labute approximate surface area is 131 Å². The first-order chi connectivity index (χ1) is 10.2. The Bertz CT molecular complexity index is 445. The SMILES string of the molecule is CCCNc1cc(OC2CCCC(OC)C2)nc(SC)n1. The maximum Gasteiger partial charge on any atom is 0.219 e. The van der Waals surface area contributed by atoms with Crippen LogP contribution in [0.4, 0.5) is 5.82 Å². The Kier molecular flexibility index (Phi) is 6.57. The van der Waals surface area contributed by atoms with Crippen molar-refractivity contribution < 1.29 is 9.47 Å². The van der Waals surface area contributed by atoms with E-state index in [2.05, 4.69) is 22.2 Å². The third-order valence-electron chi connectivity index (χ3n) is 3.62. The molecule has 6 heteroatoms. The second-order valence-corrected chi connectivity index (χ2v) is 6.04. The molecule has 118 valence electrons. The van der Waals surface area contributed by atoms with Crippen LogP contribution in [0, 0.1) is 0 Å². The number of hydrogen-bond donors (Lipinski definition) is 1. The zero-order chi connectivity index (χ0) is 15.1. The fraction of sp³-hybridized carbons (Fsp3) is 0.733. The number of ether oxygens (including phenoxy) is 2. The molecule has 1 aromatic heterocycles. The molecule has 1 saturated carbocycles. The predicted octanol–water partition coefficient (Wildman–Crippen LogP) is 3.36. The lowest BCUT2D eigenvalue weighted by Crippen LogP contribution is -2.29. The van der Waals surface area contributed by atoms with E-state index in [0.29, 0.717) is 12.0 Å². The molecule has 0 radical (unpaired) electrons. The van der Waals surface area contributed by atoms with Crippen LogP contribution in [0.2, 0.25) is 0 Å². The van der Waals surface area contributed by atoms with Crippen LogP contribution in [0.15, 0.2) is 11.2 Å². The molecular weight excluding hydrogens is 286 g/mol. The van der Waals surface area contributed by atoms with Gasteiger partial charge in [-0.2, -0.15) is 4.98 Å². The topological polar surface area (TPSA) is 56.3 Å². The normalized spacial score (nSPS) is 22.0. The zero-order valence-corrected chi connectivity index (χ0v) is 13.9. The van der Waals surface area contributed by atoms with Crippen LogP contribution in [0.3, 0.4) is 0 Å². The second-order valence-electron chi connectivity index (χ2n) is 5.27. The van der Waals surface area contributed by atoms with Crippen LogP contribution >= 0.6 is 11.8 Å². The summed E-state index contributed by atoms with van der Waals surface area (Å²) in [5, 5.41) is 4.04. The molecule has 0 saturated heterocycles. The number of aromatic nitrogens is 2. The summed E-state index contributed by atoms with van der Waals surface area (Å²) in [6.45, 7) is 3.04. The number of hydrogen-bond acceptors (Lipinski definition) is 6. The molecule has 1 N–H and O–H groups in total. The standard InChI is InChI=1S/C15H25N3O2S/c1-4-8-16-13-10-14(18-15(17-13)21-3)20-12-7-5-6-11(9-12)19-2/h10-12H,4-9H2,1-3H3,(H,16,17,18). The van der Waals surface area contributed by atoms with Crippen LogP contribution in [0.25, 0.3) is 0 Å². The highest BCUT2D eigenvalue weighted by atomic mass is 32.2. The first-order valence-corrected chi connectivity index (χ1v) is 8.84. The summed E-state index contributed by atoms with van der Waals surface area (Å²) in [7, 11) is 1.77. The lowest BCUT2D eigenvalue weighted by atomic mass is 9.95. The molecule has 0 aliphatic heterocycles. The van der Waals surface area contributed by atoms with Gasteiger partial charge in [0, 0.05) is 26.1 Å². The van der Waals surface area contributed by atoms with Gasteiger partial charge < -0.3 is 14.8 Å². The maximum atomic E-state index is 6.07. The van der Waals surface area contributed by atoms with E-state index in [-0.39, 0.29) is 6.10 Å². The fourth-order valence-corrected chi connectivity index (χ4v) is 2.86. The molecule has 1 fully saturated rings. The van der Waals surface area contributed by atoms with Crippen LogP contribution in [0.1, 0.15) is 39.0 Å². The van der Waals surface area contributed by atoms with Crippen molar-refractivity contribution in [2.45, 2.75) is 56.4 Å². The third kappa shape index (κ3) is 5.04. The molecule has 21 heavy (non-hydrogen) atoms. The Morgan fingerprint density at radius 2 is 2.14 bits per heavy atom. The lowest BCUT2D eigenvalue weighted by Gasteiger charge is -2.28. The molecule has 0 amide bonds. The maximum absolute atomic E-state index is 6.07. The first-order valence-electron chi connectivity index (χ1n) is 7.61. The number of nitrogens with one attached hydrogen (secondary N) is 1. The van der Waals surface area contributed by atoms with Gasteiger partial charge in [-0.3, -0.25) is 0 Å². The molecule has 1 aliphatic rings. The van der Waals surface area contributed by atoms with Crippen molar-refractivity contribution in [1.29, 1.82) is 0 Å². The monoisotopic (exact) mass is 311 g/mol. The van der Waals surface area contributed by atoms with E-state index in [4.69, 9.17) is 9.47 Å². The highest BCUT2D eigenvalue weighted by molar-refractivity contribution is 7.98. The van der Waals surface area contributed by atoms with Crippen molar-refractivity contribution in [3.8, 4) is 5.88 Å². The number of anilines is 1. The quantitative estimate of drug-likeness (QED) is 0.615. The van der Waals surface area contributed by atoms with Gasteiger partial charge in [0.05, 0.1) is 6.10 Å². The van der Waals surface area contributed by atoms with Crippen LogP contribution in [-0.4, -0.2) is 42.1 Å². The van der Waals surface area contributed by atoms with Crippen LogP contribution in [0.5, 0.6) is 5.88 Å². The zero-order valence-electron chi connectivity index (χ0n) is 13.1. The molecule has 5 nitrogen and oxygen atoms in total. The molecule has 2 rings (SSSR count). The smallest absolute Gasteiger partial charge is 0.219 e.